The van der Waals surface area contributed by atoms with Crippen LogP contribution in [0.25, 0.3) is 0 Å². The second-order valence-corrected chi connectivity index (χ2v) is 9.37. The molecule has 0 fully saturated rings. The molecule has 1 amide bonds. The Bertz CT molecular complexity index is 814. The molecule has 150 valence electrons. The van der Waals surface area contributed by atoms with Crippen molar-refractivity contribution < 1.29 is 9.53 Å². The summed E-state index contributed by atoms with van der Waals surface area (Å²) in [6.45, 7) is 0. The highest BCUT2D eigenvalue weighted by atomic mass is 79.9. The van der Waals surface area contributed by atoms with Gasteiger partial charge in [-0.3, -0.25) is 4.79 Å². The largest absolute Gasteiger partial charge is 0.497 e. The molecule has 0 bridgehead atoms. The first kappa shape index (κ1) is 23.0. The van der Waals surface area contributed by atoms with E-state index in [0.717, 1.165) is 15.7 Å². The molecule has 1 atom stereocenters. The standard InChI is InChI=1S/C18H17BrCl3N3O2S/c1-27-14-8-2-11(3-9-14)10-15(26)24-16(18(20,21)22)25-17(28)23-13-6-4-12(19)5-7-13/h2-9,16H,10H2,1H3,(H,24,26)(H2,23,25,28). The van der Waals surface area contributed by atoms with E-state index < -0.39 is 9.96 Å². The first-order valence-electron chi connectivity index (χ1n) is 7.99. The third-order valence-electron chi connectivity index (χ3n) is 3.53. The second-order valence-electron chi connectivity index (χ2n) is 5.67. The summed E-state index contributed by atoms with van der Waals surface area (Å²) in [5.74, 6) is 0.370. The molecule has 0 aromatic heterocycles. The summed E-state index contributed by atoms with van der Waals surface area (Å²) in [5.41, 5.74) is 1.53. The van der Waals surface area contributed by atoms with Crippen molar-refractivity contribution in [2.45, 2.75) is 16.4 Å². The van der Waals surface area contributed by atoms with Gasteiger partial charge in [-0.2, -0.15) is 0 Å². The number of anilines is 1. The number of benzene rings is 2. The van der Waals surface area contributed by atoms with Crippen molar-refractivity contribution in [3.8, 4) is 5.75 Å². The van der Waals surface area contributed by atoms with Gasteiger partial charge in [-0.05, 0) is 54.2 Å². The van der Waals surface area contributed by atoms with Gasteiger partial charge >= 0.3 is 0 Å². The molecule has 5 nitrogen and oxygen atoms in total. The van der Waals surface area contributed by atoms with Gasteiger partial charge in [0.05, 0.1) is 13.5 Å². The molecule has 0 aliphatic heterocycles. The predicted octanol–water partition coefficient (Wildman–Crippen LogP) is 4.80. The number of hydrogen-bond donors (Lipinski definition) is 3. The Morgan fingerprint density at radius 3 is 2.25 bits per heavy atom. The number of hydrogen-bond acceptors (Lipinski definition) is 3. The van der Waals surface area contributed by atoms with E-state index in [0.29, 0.717) is 5.75 Å². The summed E-state index contributed by atoms with van der Waals surface area (Å²) >= 11 is 26.6. The van der Waals surface area contributed by atoms with Gasteiger partial charge in [0.2, 0.25) is 9.70 Å². The Kier molecular flexibility index (Phi) is 8.64. The van der Waals surface area contributed by atoms with E-state index in [4.69, 9.17) is 51.8 Å². The van der Waals surface area contributed by atoms with Crippen LogP contribution < -0.4 is 20.7 Å². The Labute approximate surface area is 192 Å². The summed E-state index contributed by atoms with van der Waals surface area (Å²) in [5, 5.41) is 8.63. The quantitative estimate of drug-likeness (QED) is 0.287. The van der Waals surface area contributed by atoms with Gasteiger partial charge in [0, 0.05) is 10.2 Å². The number of amides is 1. The van der Waals surface area contributed by atoms with Crippen molar-refractivity contribution in [2.75, 3.05) is 12.4 Å². The topological polar surface area (TPSA) is 62.4 Å². The lowest BCUT2D eigenvalue weighted by Gasteiger charge is -2.27. The van der Waals surface area contributed by atoms with E-state index >= 15 is 0 Å². The second kappa shape index (κ2) is 10.5. The highest BCUT2D eigenvalue weighted by Gasteiger charge is 2.34. The molecule has 1 unspecified atom stereocenters. The van der Waals surface area contributed by atoms with E-state index in [2.05, 4.69) is 31.9 Å². The fourth-order valence-electron chi connectivity index (χ4n) is 2.17. The molecule has 0 spiro atoms. The zero-order chi connectivity index (χ0) is 20.7. The van der Waals surface area contributed by atoms with Crippen LogP contribution in [0.15, 0.2) is 53.0 Å². The molecule has 0 heterocycles. The van der Waals surface area contributed by atoms with Crippen molar-refractivity contribution in [1.29, 1.82) is 0 Å². The van der Waals surface area contributed by atoms with Gasteiger partial charge < -0.3 is 20.7 Å². The summed E-state index contributed by atoms with van der Waals surface area (Å²) in [6, 6.07) is 14.5. The fraction of sp³-hybridized carbons (Fsp3) is 0.222. The van der Waals surface area contributed by atoms with Crippen molar-refractivity contribution in [2.24, 2.45) is 0 Å². The molecule has 10 heteroatoms. The maximum atomic E-state index is 12.4. The molecule has 2 aromatic rings. The average Bonchev–Trinajstić information content (AvgIpc) is 2.63. The van der Waals surface area contributed by atoms with Crippen molar-refractivity contribution >= 4 is 79.7 Å². The van der Waals surface area contributed by atoms with Gasteiger partial charge in [-0.25, -0.2) is 0 Å². The minimum Gasteiger partial charge on any atom is -0.497 e. The van der Waals surface area contributed by atoms with Gasteiger partial charge in [0.1, 0.15) is 11.9 Å². The van der Waals surface area contributed by atoms with E-state index in [9.17, 15) is 4.79 Å². The highest BCUT2D eigenvalue weighted by Crippen LogP contribution is 2.29. The Balaban J connectivity index is 1.97. The maximum Gasteiger partial charge on any atom is 0.228 e. The van der Waals surface area contributed by atoms with Crippen LogP contribution in [-0.2, 0) is 11.2 Å². The number of methoxy groups -OCH3 is 1. The van der Waals surface area contributed by atoms with Crippen molar-refractivity contribution in [3.05, 3.63) is 58.6 Å². The molecule has 0 saturated carbocycles. The Morgan fingerprint density at radius 2 is 1.71 bits per heavy atom. The maximum absolute atomic E-state index is 12.4. The number of carbonyl (C=O) groups excluding carboxylic acids is 1. The number of nitrogens with one attached hydrogen (secondary N) is 3. The lowest BCUT2D eigenvalue weighted by atomic mass is 10.1. The number of thiocarbonyl (C=S) groups is 1. The summed E-state index contributed by atoms with van der Waals surface area (Å²) < 4.78 is 4.21. The Morgan fingerprint density at radius 1 is 1.11 bits per heavy atom. The first-order valence-corrected chi connectivity index (χ1v) is 10.3. The lowest BCUT2D eigenvalue weighted by molar-refractivity contribution is -0.121. The number of halogens is 4. The van der Waals surface area contributed by atoms with Crippen LogP contribution in [0.1, 0.15) is 5.56 Å². The Hall–Kier alpha value is -1.25. The minimum atomic E-state index is -1.82. The van der Waals surface area contributed by atoms with Crippen LogP contribution in [0.2, 0.25) is 0 Å². The van der Waals surface area contributed by atoms with Crippen LogP contribution in [0, 0.1) is 0 Å². The van der Waals surface area contributed by atoms with Crippen LogP contribution in [0.5, 0.6) is 5.75 Å². The average molecular weight is 526 g/mol. The summed E-state index contributed by atoms with van der Waals surface area (Å²) in [7, 11) is 1.57. The van der Waals surface area contributed by atoms with E-state index in [1.165, 1.54) is 0 Å². The van der Waals surface area contributed by atoms with Crippen LogP contribution in [0.3, 0.4) is 0 Å². The minimum absolute atomic E-state index is 0.107. The van der Waals surface area contributed by atoms with Crippen LogP contribution in [-0.4, -0.2) is 28.1 Å². The van der Waals surface area contributed by atoms with Gasteiger partial charge in [0.15, 0.2) is 5.11 Å². The monoisotopic (exact) mass is 523 g/mol. The number of carbonyl (C=O) groups is 1. The predicted molar refractivity (Wildman–Crippen MR) is 122 cm³/mol. The summed E-state index contributed by atoms with van der Waals surface area (Å²) in [4.78, 5) is 12.4. The molecule has 0 aliphatic rings. The first-order chi connectivity index (χ1) is 13.2. The zero-order valence-electron chi connectivity index (χ0n) is 14.6. The molecule has 0 saturated heterocycles. The third kappa shape index (κ3) is 7.64. The van der Waals surface area contributed by atoms with Gasteiger partial charge in [-0.15, -0.1) is 0 Å². The van der Waals surface area contributed by atoms with Crippen LogP contribution in [0.4, 0.5) is 5.69 Å². The molecule has 0 radical (unpaired) electrons. The molecular weight excluding hydrogens is 509 g/mol. The molecule has 2 rings (SSSR count). The number of rotatable bonds is 6. The molecule has 0 aliphatic carbocycles. The molecule has 3 N–H and O–H groups in total. The van der Waals surface area contributed by atoms with E-state index in [1.807, 2.05) is 24.3 Å². The SMILES string of the molecule is COc1ccc(CC(=O)NC(NC(=S)Nc2ccc(Br)cc2)C(Cl)(Cl)Cl)cc1. The van der Waals surface area contributed by atoms with Gasteiger partial charge in [0.25, 0.3) is 0 Å². The van der Waals surface area contributed by atoms with Gasteiger partial charge in [-0.1, -0.05) is 62.9 Å². The summed E-state index contributed by atoms with van der Waals surface area (Å²) in [6.07, 6.45) is -0.922. The van der Waals surface area contributed by atoms with Crippen molar-refractivity contribution in [3.63, 3.8) is 0 Å². The van der Waals surface area contributed by atoms with Crippen molar-refractivity contribution in [1.82, 2.24) is 10.6 Å². The highest BCUT2D eigenvalue weighted by molar-refractivity contribution is 9.10. The fourth-order valence-corrected chi connectivity index (χ4v) is 3.00. The lowest BCUT2D eigenvalue weighted by Crippen LogP contribution is -2.56. The number of ether oxygens (including phenoxy) is 1. The number of alkyl halides is 3. The third-order valence-corrected chi connectivity index (χ3v) is 4.94. The smallest absolute Gasteiger partial charge is 0.228 e. The molecule has 28 heavy (non-hydrogen) atoms. The van der Waals surface area contributed by atoms with Crippen LogP contribution >= 0.6 is 63.0 Å². The normalized spacial score (nSPS) is 12.0. The van der Waals surface area contributed by atoms with E-state index in [-0.39, 0.29) is 17.4 Å². The zero-order valence-corrected chi connectivity index (χ0v) is 19.3. The van der Waals surface area contributed by atoms with E-state index in [1.54, 1.807) is 31.4 Å². The molecular formula is C18H17BrCl3N3O2S. The molecule has 2 aromatic carbocycles.